The van der Waals surface area contributed by atoms with Crippen LogP contribution in [-0.2, 0) is 51.9 Å². The van der Waals surface area contributed by atoms with Crippen molar-refractivity contribution in [3.05, 3.63) is 29.1 Å². The highest BCUT2D eigenvalue weighted by Gasteiger charge is 2.36. The summed E-state index contributed by atoms with van der Waals surface area (Å²) in [5.74, 6) is -14.1. The maximum absolute atomic E-state index is 13.5. The summed E-state index contributed by atoms with van der Waals surface area (Å²) in [5.41, 5.74) is 0. The number of hydrogen-bond donors (Lipinski definition) is 0. The molecule has 0 aliphatic rings. The van der Waals surface area contributed by atoms with Crippen LogP contribution in [0.15, 0.2) is 0 Å². The van der Waals surface area contributed by atoms with E-state index in [1.807, 2.05) is 0 Å². The first-order chi connectivity index (χ1) is 24.3. The number of carbonyl (C=O) groups excluding carboxylic acids is 1. The van der Waals surface area contributed by atoms with Gasteiger partial charge in [0.15, 0.2) is 8.32 Å². The number of benzene rings is 1. The summed E-state index contributed by atoms with van der Waals surface area (Å²) in [7, 11) is -1.73. The fourth-order valence-electron chi connectivity index (χ4n) is 3.43. The topological polar surface area (TPSA) is 119 Å². The van der Waals surface area contributed by atoms with Crippen molar-refractivity contribution in [2.45, 2.75) is 45.3 Å². The molecule has 0 saturated heterocycles. The second-order valence-corrected chi connectivity index (χ2v) is 17.1. The smallest absolute Gasteiger partial charge is 0.313 e. The molecule has 1 aromatic rings. The van der Waals surface area contributed by atoms with Crippen molar-refractivity contribution in [1.82, 2.24) is 0 Å². The molecule has 18 heteroatoms. The third-order valence-electron chi connectivity index (χ3n) is 7.31. The Hall–Kier alpha value is -1.84. The predicted octanol–water partition coefficient (Wildman–Crippen LogP) is 4.85. The van der Waals surface area contributed by atoms with Gasteiger partial charge in [-0.2, -0.15) is 8.78 Å². The summed E-state index contributed by atoms with van der Waals surface area (Å²) in [6.45, 7) is 18.2. The summed E-state index contributed by atoms with van der Waals surface area (Å²) in [4.78, 5) is 11.6. The van der Waals surface area contributed by atoms with Crippen LogP contribution in [0.25, 0.3) is 0 Å². The Bertz CT molecular complexity index is 1050. The van der Waals surface area contributed by atoms with Crippen molar-refractivity contribution in [2.75, 3.05) is 126 Å². The predicted molar refractivity (Wildman–Crippen MR) is 177 cm³/mol. The highest BCUT2D eigenvalue weighted by molar-refractivity contribution is 6.74. The van der Waals surface area contributed by atoms with Crippen LogP contribution in [0.3, 0.4) is 0 Å². The molecule has 0 N–H and O–H groups in total. The van der Waals surface area contributed by atoms with Gasteiger partial charge in [0.05, 0.1) is 132 Å². The zero-order valence-electron chi connectivity index (χ0n) is 30.4. The lowest BCUT2D eigenvalue weighted by atomic mass is 10.2. The maximum atomic E-state index is 13.5. The van der Waals surface area contributed by atoms with Gasteiger partial charge >= 0.3 is 5.97 Å². The average Bonchev–Trinajstić information content (AvgIpc) is 3.08. The normalized spacial score (nSPS) is 12.2. The molecule has 0 saturated carbocycles. The van der Waals surface area contributed by atoms with Gasteiger partial charge in [0, 0.05) is 0 Å². The Balaban J connectivity index is 1.77. The van der Waals surface area contributed by atoms with E-state index in [9.17, 15) is 26.7 Å². The minimum atomic E-state index is -2.35. The van der Waals surface area contributed by atoms with E-state index in [-0.39, 0.29) is 31.5 Å². The number of halogens is 5. The van der Waals surface area contributed by atoms with Crippen molar-refractivity contribution in [2.24, 2.45) is 0 Å². The van der Waals surface area contributed by atoms with E-state index in [1.165, 1.54) is 0 Å². The Morgan fingerprint density at radius 1 is 0.451 bits per heavy atom. The zero-order valence-corrected chi connectivity index (χ0v) is 31.4. The third kappa shape index (κ3) is 21.5. The molecule has 0 fully saturated rings. The fourth-order valence-corrected chi connectivity index (χ4v) is 4.46. The van der Waals surface area contributed by atoms with Crippen molar-refractivity contribution in [1.29, 1.82) is 0 Å². The SMILES string of the molecule is CC(C)(C)[Si](C)(C)OCCOCCOCCOCCOCCOCCOCCOCCOCCOCCC(=O)Oc1c(F)c(F)c(F)c(F)c1F. The van der Waals surface area contributed by atoms with Crippen LogP contribution in [0.4, 0.5) is 22.0 Å². The van der Waals surface area contributed by atoms with Crippen molar-refractivity contribution >= 4 is 14.3 Å². The summed E-state index contributed by atoms with van der Waals surface area (Å²) in [6, 6.07) is 0. The Morgan fingerprint density at radius 2 is 0.706 bits per heavy atom. The number of esters is 1. The third-order valence-corrected chi connectivity index (χ3v) is 11.8. The van der Waals surface area contributed by atoms with Crippen LogP contribution in [0.5, 0.6) is 5.75 Å². The van der Waals surface area contributed by atoms with E-state index in [4.69, 9.17) is 47.1 Å². The lowest BCUT2D eigenvalue weighted by Crippen LogP contribution is -2.41. The lowest BCUT2D eigenvalue weighted by Gasteiger charge is -2.36. The van der Waals surface area contributed by atoms with Gasteiger partial charge in [0.25, 0.3) is 0 Å². The molecule has 0 aliphatic carbocycles. The summed E-state index contributed by atoms with van der Waals surface area (Å²) >= 11 is 0. The number of rotatable bonds is 32. The Kier molecular flexibility index (Phi) is 25.6. The molecule has 51 heavy (non-hydrogen) atoms. The minimum Gasteiger partial charge on any atom is -0.420 e. The quantitative estimate of drug-likeness (QED) is 0.0190. The van der Waals surface area contributed by atoms with Gasteiger partial charge in [-0.25, -0.2) is 13.2 Å². The fraction of sp³-hybridized carbons (Fsp3) is 0.788. The molecular weight excluding hydrogens is 711 g/mol. The highest BCUT2D eigenvalue weighted by atomic mass is 28.4. The van der Waals surface area contributed by atoms with E-state index in [0.717, 1.165) is 0 Å². The van der Waals surface area contributed by atoms with Gasteiger partial charge in [0.2, 0.25) is 34.8 Å². The second-order valence-electron chi connectivity index (χ2n) is 12.2. The van der Waals surface area contributed by atoms with E-state index >= 15 is 0 Å². The molecule has 298 valence electrons. The number of hydrogen-bond acceptors (Lipinski definition) is 12. The van der Waals surface area contributed by atoms with Crippen molar-refractivity contribution in [3.8, 4) is 5.75 Å². The molecule has 0 amide bonds. The van der Waals surface area contributed by atoms with E-state index in [0.29, 0.717) is 99.1 Å². The Morgan fingerprint density at radius 3 is 1.00 bits per heavy atom. The summed E-state index contributed by atoms with van der Waals surface area (Å²) < 4.78 is 125. The van der Waals surface area contributed by atoms with Crippen LogP contribution in [0, 0.1) is 29.1 Å². The molecule has 0 heterocycles. The van der Waals surface area contributed by atoms with E-state index in [2.05, 4.69) is 38.6 Å². The van der Waals surface area contributed by atoms with E-state index in [1.54, 1.807) is 0 Å². The van der Waals surface area contributed by atoms with Gasteiger partial charge < -0.3 is 51.8 Å². The van der Waals surface area contributed by atoms with Gasteiger partial charge in [-0.05, 0) is 18.1 Å². The van der Waals surface area contributed by atoms with E-state index < -0.39 is 55.5 Å². The summed E-state index contributed by atoms with van der Waals surface area (Å²) in [6.07, 6.45) is -0.485. The average molecular weight is 767 g/mol. The van der Waals surface area contributed by atoms with Gasteiger partial charge in [-0.15, -0.1) is 0 Å². The lowest BCUT2D eigenvalue weighted by molar-refractivity contribution is -0.136. The molecule has 0 bridgehead atoms. The molecule has 0 radical (unpaired) electrons. The first-order valence-electron chi connectivity index (χ1n) is 16.8. The van der Waals surface area contributed by atoms with Crippen molar-refractivity contribution < 1.29 is 78.5 Å². The molecule has 0 atom stereocenters. The summed E-state index contributed by atoms with van der Waals surface area (Å²) in [5, 5.41) is 0.191. The van der Waals surface area contributed by atoms with Crippen LogP contribution < -0.4 is 4.74 Å². The van der Waals surface area contributed by atoms with Gasteiger partial charge in [-0.3, -0.25) is 4.79 Å². The van der Waals surface area contributed by atoms with Crippen LogP contribution in [-0.4, -0.2) is 140 Å². The standard InChI is InChI=1S/C33H55F5O12Si/c1-33(2,3)51(4,5)49-25-24-48-23-22-47-21-20-46-19-18-45-17-16-44-15-14-43-13-12-42-11-10-41-9-8-40-7-6-26(39)50-32-30(37)28(35)27(34)29(36)31(32)38/h6-25H2,1-5H3. The molecule has 1 rings (SSSR count). The molecule has 12 nitrogen and oxygen atoms in total. The molecule has 0 aliphatic heterocycles. The monoisotopic (exact) mass is 766 g/mol. The molecule has 0 unspecified atom stereocenters. The van der Waals surface area contributed by atoms with Crippen LogP contribution in [0.1, 0.15) is 27.2 Å². The second kappa shape index (κ2) is 27.7. The first-order valence-corrected chi connectivity index (χ1v) is 19.8. The maximum Gasteiger partial charge on any atom is 0.313 e. The van der Waals surface area contributed by atoms with Crippen molar-refractivity contribution in [3.63, 3.8) is 0 Å². The molecule has 0 aromatic heterocycles. The minimum absolute atomic E-state index is 0.0827. The Labute approximate surface area is 298 Å². The number of ether oxygens (including phenoxy) is 10. The van der Waals surface area contributed by atoms with Crippen LogP contribution >= 0.6 is 0 Å². The van der Waals surface area contributed by atoms with Gasteiger partial charge in [0.1, 0.15) is 0 Å². The first kappa shape index (κ1) is 47.2. The van der Waals surface area contributed by atoms with Crippen LogP contribution in [0.2, 0.25) is 18.1 Å². The molecular formula is C33H55F5O12Si. The largest absolute Gasteiger partial charge is 0.420 e. The zero-order chi connectivity index (χ0) is 38.0. The number of carbonyl (C=O) groups is 1. The molecule has 0 spiro atoms. The highest BCUT2D eigenvalue weighted by Crippen LogP contribution is 2.36. The molecule has 1 aromatic carbocycles. The van der Waals surface area contributed by atoms with Gasteiger partial charge in [-0.1, -0.05) is 20.8 Å².